The second-order valence-corrected chi connectivity index (χ2v) is 5.52. The van der Waals surface area contributed by atoms with E-state index >= 15 is 0 Å². The first-order valence-corrected chi connectivity index (χ1v) is 7.74. The summed E-state index contributed by atoms with van der Waals surface area (Å²) in [6.07, 6.45) is 7.66. The van der Waals surface area contributed by atoms with Crippen LogP contribution in [-0.4, -0.2) is 24.9 Å². The molecule has 23 heavy (non-hydrogen) atoms. The summed E-state index contributed by atoms with van der Waals surface area (Å²) in [6, 6.07) is 2.85. The van der Waals surface area contributed by atoms with Gasteiger partial charge in [-0.15, -0.1) is 0 Å². The van der Waals surface area contributed by atoms with Crippen LogP contribution in [0.1, 0.15) is 42.5 Å². The number of nitrogens with one attached hydrogen (secondary N) is 2. The summed E-state index contributed by atoms with van der Waals surface area (Å²) in [5.74, 6) is -3.04. The Morgan fingerprint density at radius 1 is 1.09 bits per heavy atom. The molecule has 0 spiro atoms. The van der Waals surface area contributed by atoms with Gasteiger partial charge >= 0.3 is 0 Å². The predicted molar refractivity (Wildman–Crippen MR) is 82.9 cm³/mol. The van der Waals surface area contributed by atoms with Gasteiger partial charge < -0.3 is 10.6 Å². The fourth-order valence-electron chi connectivity index (χ4n) is 2.46. The Hall–Kier alpha value is -2.24. The van der Waals surface area contributed by atoms with Gasteiger partial charge in [0.15, 0.2) is 11.6 Å². The maximum absolute atomic E-state index is 13.0. The Labute approximate surface area is 134 Å². The molecule has 0 saturated heterocycles. The molecule has 1 aliphatic carbocycles. The van der Waals surface area contributed by atoms with E-state index in [2.05, 4.69) is 16.7 Å². The highest BCUT2D eigenvalue weighted by Gasteiger charge is 2.11. The Morgan fingerprint density at radius 2 is 1.91 bits per heavy atom. The monoisotopic (exact) mass is 322 g/mol. The quantitative estimate of drug-likeness (QED) is 0.791. The largest absolute Gasteiger partial charge is 0.354 e. The van der Waals surface area contributed by atoms with Gasteiger partial charge in [0.25, 0.3) is 5.91 Å². The summed E-state index contributed by atoms with van der Waals surface area (Å²) in [5.41, 5.74) is 1.34. The number of rotatable bonds is 6. The number of halogens is 2. The minimum absolute atomic E-state index is 0.0240. The number of amides is 2. The van der Waals surface area contributed by atoms with Crippen LogP contribution in [0.5, 0.6) is 0 Å². The van der Waals surface area contributed by atoms with E-state index in [0.29, 0.717) is 6.54 Å². The Bertz CT molecular complexity index is 615. The highest BCUT2D eigenvalue weighted by atomic mass is 19.2. The molecule has 1 aromatic carbocycles. The molecule has 4 nitrogen and oxygen atoms in total. The van der Waals surface area contributed by atoms with Gasteiger partial charge in [-0.05, 0) is 50.3 Å². The smallest absolute Gasteiger partial charge is 0.251 e. The zero-order valence-electron chi connectivity index (χ0n) is 12.8. The van der Waals surface area contributed by atoms with Gasteiger partial charge in [0, 0.05) is 12.1 Å². The third-order valence-corrected chi connectivity index (χ3v) is 3.74. The number of hydrogen-bond acceptors (Lipinski definition) is 2. The van der Waals surface area contributed by atoms with Crippen LogP contribution in [0.3, 0.4) is 0 Å². The van der Waals surface area contributed by atoms with Crippen molar-refractivity contribution in [3.63, 3.8) is 0 Å². The SMILES string of the molecule is O=C(CNC(=O)c1ccc(F)c(F)c1)NCCC1=CCCCC1. The number of allylic oxidation sites excluding steroid dienone is 1. The van der Waals surface area contributed by atoms with E-state index in [1.54, 1.807) is 0 Å². The fourth-order valence-corrected chi connectivity index (χ4v) is 2.46. The summed E-state index contributed by atoms with van der Waals surface area (Å²) in [6.45, 7) is 0.336. The lowest BCUT2D eigenvalue weighted by Crippen LogP contribution is -2.37. The second kappa shape index (κ2) is 8.41. The average molecular weight is 322 g/mol. The van der Waals surface area contributed by atoms with E-state index in [1.807, 2.05) is 0 Å². The predicted octanol–water partition coefficient (Wildman–Crippen LogP) is 2.70. The van der Waals surface area contributed by atoms with Crippen molar-refractivity contribution >= 4 is 11.8 Å². The second-order valence-electron chi connectivity index (χ2n) is 5.52. The Kier molecular flexibility index (Phi) is 6.26. The molecule has 0 atom stereocenters. The van der Waals surface area contributed by atoms with Crippen LogP contribution >= 0.6 is 0 Å². The molecule has 1 aromatic rings. The number of carbonyl (C=O) groups is 2. The molecule has 2 N–H and O–H groups in total. The Balaban J connectivity index is 1.70. The van der Waals surface area contributed by atoms with Crippen LogP contribution in [0.4, 0.5) is 8.78 Å². The van der Waals surface area contributed by atoms with E-state index in [9.17, 15) is 18.4 Å². The van der Waals surface area contributed by atoms with Crippen molar-refractivity contribution in [2.75, 3.05) is 13.1 Å². The van der Waals surface area contributed by atoms with Crippen LogP contribution in [0.25, 0.3) is 0 Å². The first-order valence-electron chi connectivity index (χ1n) is 7.74. The van der Waals surface area contributed by atoms with E-state index in [4.69, 9.17) is 0 Å². The lowest BCUT2D eigenvalue weighted by molar-refractivity contribution is -0.120. The Morgan fingerprint density at radius 3 is 2.61 bits per heavy atom. The third kappa shape index (κ3) is 5.47. The topological polar surface area (TPSA) is 58.2 Å². The van der Waals surface area contributed by atoms with E-state index in [-0.39, 0.29) is 18.0 Å². The van der Waals surface area contributed by atoms with Crippen LogP contribution in [0.15, 0.2) is 29.8 Å². The van der Waals surface area contributed by atoms with Crippen molar-refractivity contribution in [1.82, 2.24) is 10.6 Å². The van der Waals surface area contributed by atoms with Crippen LogP contribution < -0.4 is 10.6 Å². The molecule has 6 heteroatoms. The minimum atomic E-state index is -1.09. The van der Waals surface area contributed by atoms with Crippen molar-refractivity contribution in [1.29, 1.82) is 0 Å². The van der Waals surface area contributed by atoms with Gasteiger partial charge in [0.1, 0.15) is 0 Å². The molecule has 0 radical (unpaired) electrons. The molecule has 0 fully saturated rings. The molecule has 0 bridgehead atoms. The van der Waals surface area contributed by atoms with E-state index in [1.165, 1.54) is 24.5 Å². The summed E-state index contributed by atoms with van der Waals surface area (Å²) in [7, 11) is 0. The normalized spacial score (nSPS) is 14.1. The van der Waals surface area contributed by atoms with Gasteiger partial charge in [-0.1, -0.05) is 11.6 Å². The van der Waals surface area contributed by atoms with Crippen molar-refractivity contribution in [3.05, 3.63) is 47.0 Å². The lowest BCUT2D eigenvalue weighted by Gasteiger charge is -2.13. The summed E-state index contributed by atoms with van der Waals surface area (Å²) in [5, 5.41) is 5.11. The number of carbonyl (C=O) groups excluding carboxylic acids is 2. The number of benzene rings is 1. The summed E-state index contributed by atoms with van der Waals surface area (Å²) < 4.78 is 25.8. The van der Waals surface area contributed by atoms with Crippen molar-refractivity contribution in [2.45, 2.75) is 32.1 Å². The molecule has 0 aliphatic heterocycles. The van der Waals surface area contributed by atoms with Crippen LogP contribution in [0, 0.1) is 11.6 Å². The van der Waals surface area contributed by atoms with Gasteiger partial charge in [-0.3, -0.25) is 9.59 Å². The first-order chi connectivity index (χ1) is 11.1. The standard InChI is InChI=1S/C17H20F2N2O2/c18-14-7-6-13(10-15(14)19)17(23)21-11-16(22)20-9-8-12-4-2-1-3-5-12/h4,6-7,10H,1-3,5,8-9,11H2,(H,20,22)(H,21,23). The average Bonchev–Trinajstić information content (AvgIpc) is 2.56. The minimum Gasteiger partial charge on any atom is -0.354 e. The maximum atomic E-state index is 13.0. The summed E-state index contributed by atoms with van der Waals surface area (Å²) in [4.78, 5) is 23.4. The molecule has 1 aliphatic rings. The molecule has 2 rings (SSSR count). The number of hydrogen-bond donors (Lipinski definition) is 2. The zero-order chi connectivity index (χ0) is 16.7. The highest BCUT2D eigenvalue weighted by Crippen LogP contribution is 2.19. The summed E-state index contributed by atoms with van der Waals surface area (Å²) >= 11 is 0. The van der Waals surface area contributed by atoms with Crippen LogP contribution in [0.2, 0.25) is 0 Å². The van der Waals surface area contributed by atoms with Crippen LogP contribution in [-0.2, 0) is 4.79 Å². The van der Waals surface area contributed by atoms with Crippen molar-refractivity contribution < 1.29 is 18.4 Å². The van der Waals surface area contributed by atoms with Gasteiger partial charge in [-0.2, -0.15) is 0 Å². The molecule has 2 amide bonds. The van der Waals surface area contributed by atoms with E-state index in [0.717, 1.165) is 31.4 Å². The highest BCUT2D eigenvalue weighted by molar-refractivity contribution is 5.96. The third-order valence-electron chi connectivity index (χ3n) is 3.74. The lowest BCUT2D eigenvalue weighted by atomic mass is 9.97. The fraction of sp³-hybridized carbons (Fsp3) is 0.412. The zero-order valence-corrected chi connectivity index (χ0v) is 12.8. The molecular weight excluding hydrogens is 302 g/mol. The maximum Gasteiger partial charge on any atom is 0.251 e. The molecular formula is C17H20F2N2O2. The van der Waals surface area contributed by atoms with Crippen molar-refractivity contribution in [2.24, 2.45) is 0 Å². The van der Waals surface area contributed by atoms with Gasteiger partial charge in [0.05, 0.1) is 6.54 Å². The van der Waals surface area contributed by atoms with Gasteiger partial charge in [-0.25, -0.2) is 8.78 Å². The van der Waals surface area contributed by atoms with E-state index < -0.39 is 17.5 Å². The molecule has 124 valence electrons. The molecule has 0 saturated carbocycles. The van der Waals surface area contributed by atoms with Crippen molar-refractivity contribution in [3.8, 4) is 0 Å². The first kappa shape index (κ1) is 17.1. The molecule has 0 unspecified atom stereocenters. The van der Waals surface area contributed by atoms with Gasteiger partial charge in [0.2, 0.25) is 5.91 Å². The molecule has 0 heterocycles. The molecule has 0 aromatic heterocycles.